The number of alkyl halides is 3. The highest BCUT2D eigenvalue weighted by molar-refractivity contribution is 6.30. The summed E-state index contributed by atoms with van der Waals surface area (Å²) in [5.41, 5.74) is 1.87. The Labute approximate surface area is 152 Å². The summed E-state index contributed by atoms with van der Waals surface area (Å²) < 4.78 is 42.3. The van der Waals surface area contributed by atoms with Crippen molar-refractivity contribution >= 4 is 28.3 Å². The zero-order chi connectivity index (χ0) is 19.1. The van der Waals surface area contributed by atoms with E-state index < -0.39 is 12.1 Å². The van der Waals surface area contributed by atoms with E-state index in [1.54, 1.807) is 37.3 Å². The van der Waals surface area contributed by atoms with Crippen molar-refractivity contribution in [3.8, 4) is 16.9 Å². The molecule has 0 spiro atoms. The molecule has 0 fully saturated rings. The smallest absolute Gasteiger partial charge is 0.403 e. The molecule has 1 aromatic heterocycles. The molecule has 1 heterocycles. The minimum Gasteiger partial charge on any atom is -0.403 e. The summed E-state index contributed by atoms with van der Waals surface area (Å²) in [6.45, 7) is 2.98. The summed E-state index contributed by atoms with van der Waals surface area (Å²) in [6, 6.07) is 11.0. The highest BCUT2D eigenvalue weighted by atomic mass is 35.5. The first kappa shape index (κ1) is 18.2. The van der Waals surface area contributed by atoms with Gasteiger partial charge in [-0.2, -0.15) is 0 Å². The van der Waals surface area contributed by atoms with E-state index in [0.29, 0.717) is 32.8 Å². The van der Waals surface area contributed by atoms with E-state index in [4.69, 9.17) is 11.6 Å². The number of halogens is 4. The van der Waals surface area contributed by atoms with Crippen LogP contribution in [0.3, 0.4) is 0 Å². The molecule has 0 amide bonds. The fraction of sp³-hybridized carbons (Fsp3) is 0.158. The highest BCUT2D eigenvalue weighted by Crippen LogP contribution is 2.38. The van der Waals surface area contributed by atoms with Gasteiger partial charge in [0.15, 0.2) is 11.5 Å². The number of aromatic nitrogens is 1. The second-order valence-corrected chi connectivity index (χ2v) is 6.15. The predicted molar refractivity (Wildman–Crippen MR) is 93.6 cm³/mol. The third-order valence-corrected chi connectivity index (χ3v) is 4.12. The summed E-state index contributed by atoms with van der Waals surface area (Å²) in [5.74, 6) is -0.646. The summed E-state index contributed by atoms with van der Waals surface area (Å²) >= 11 is 5.92. The second kappa shape index (κ2) is 6.61. The molecule has 0 atom stereocenters. The molecule has 0 aliphatic carbocycles. The lowest BCUT2D eigenvalue weighted by atomic mass is 9.92. The van der Waals surface area contributed by atoms with Gasteiger partial charge in [0.25, 0.3) is 0 Å². The molecule has 3 aromatic rings. The summed E-state index contributed by atoms with van der Waals surface area (Å²) in [6.07, 6.45) is -4.84. The first-order valence-corrected chi connectivity index (χ1v) is 8.01. The van der Waals surface area contributed by atoms with E-state index >= 15 is 0 Å². The van der Waals surface area contributed by atoms with Gasteiger partial charge in [-0.3, -0.25) is 4.79 Å². The number of benzene rings is 2. The molecule has 2 aromatic carbocycles. The van der Waals surface area contributed by atoms with Crippen LogP contribution in [0.4, 0.5) is 13.2 Å². The lowest BCUT2D eigenvalue weighted by molar-refractivity contribution is -0.274. The maximum absolute atomic E-state index is 12.7. The number of aryl methyl sites for hydroxylation is 1. The summed E-state index contributed by atoms with van der Waals surface area (Å²) in [4.78, 5) is 16.4. The van der Waals surface area contributed by atoms with Crippen molar-refractivity contribution in [2.45, 2.75) is 20.2 Å². The molecule has 0 aliphatic heterocycles. The van der Waals surface area contributed by atoms with Gasteiger partial charge in [0.2, 0.25) is 0 Å². The molecule has 3 nitrogen and oxygen atoms in total. The van der Waals surface area contributed by atoms with E-state index in [1.165, 1.54) is 19.1 Å². The Kier molecular flexibility index (Phi) is 4.63. The number of hydrogen-bond donors (Lipinski definition) is 0. The van der Waals surface area contributed by atoms with Crippen molar-refractivity contribution in [1.82, 2.24) is 4.98 Å². The normalized spacial score (nSPS) is 11.6. The average Bonchev–Trinajstić information content (AvgIpc) is 2.53. The van der Waals surface area contributed by atoms with Gasteiger partial charge in [-0.1, -0.05) is 35.9 Å². The summed E-state index contributed by atoms with van der Waals surface area (Å²) in [5, 5.41) is 0.902. The van der Waals surface area contributed by atoms with Gasteiger partial charge in [-0.05, 0) is 37.6 Å². The maximum Gasteiger partial charge on any atom is 0.573 e. The van der Waals surface area contributed by atoms with Crippen molar-refractivity contribution in [2.24, 2.45) is 0 Å². The number of ketones is 1. The number of para-hydroxylation sites is 1. The maximum atomic E-state index is 12.7. The van der Waals surface area contributed by atoms with Gasteiger partial charge in [0.1, 0.15) is 5.52 Å². The van der Waals surface area contributed by atoms with Crippen molar-refractivity contribution < 1.29 is 22.7 Å². The lowest BCUT2D eigenvalue weighted by Gasteiger charge is -2.17. The zero-order valence-electron chi connectivity index (χ0n) is 13.8. The van der Waals surface area contributed by atoms with Crippen molar-refractivity contribution in [3.05, 3.63) is 58.7 Å². The molecular formula is C19H13ClF3NO2. The number of carbonyl (C=O) groups excluding carboxylic acids is 1. The Morgan fingerprint density at radius 1 is 1.12 bits per heavy atom. The number of rotatable bonds is 3. The van der Waals surface area contributed by atoms with Gasteiger partial charge in [0.05, 0.1) is 0 Å². The number of Topliss-reactive ketones (excluding diaryl/α,β-unsaturated/α-hetero) is 1. The Bertz CT molecular complexity index is 998. The van der Waals surface area contributed by atoms with E-state index in [1.807, 2.05) is 0 Å². The number of ether oxygens (including phenoxy) is 1. The van der Waals surface area contributed by atoms with Crippen LogP contribution in [0.5, 0.6) is 5.75 Å². The fourth-order valence-electron chi connectivity index (χ4n) is 2.93. The number of pyridine rings is 1. The van der Waals surface area contributed by atoms with Crippen molar-refractivity contribution in [1.29, 1.82) is 0 Å². The third kappa shape index (κ3) is 3.51. The molecule has 0 N–H and O–H groups in total. The molecule has 0 saturated carbocycles. The monoisotopic (exact) mass is 379 g/mol. The van der Waals surface area contributed by atoms with Crippen LogP contribution >= 0.6 is 11.6 Å². The molecule has 0 saturated heterocycles. The first-order valence-electron chi connectivity index (χ1n) is 7.63. The molecule has 0 unspecified atom stereocenters. The molecule has 0 aliphatic rings. The van der Waals surface area contributed by atoms with Crippen LogP contribution in [0.2, 0.25) is 5.02 Å². The van der Waals surface area contributed by atoms with Gasteiger partial charge >= 0.3 is 6.36 Å². The van der Waals surface area contributed by atoms with Crippen LogP contribution in [0.15, 0.2) is 42.5 Å². The first-order chi connectivity index (χ1) is 12.2. The van der Waals surface area contributed by atoms with Crippen LogP contribution in [-0.2, 0) is 0 Å². The molecule has 134 valence electrons. The van der Waals surface area contributed by atoms with E-state index in [0.717, 1.165) is 0 Å². The van der Waals surface area contributed by atoms with Crippen LogP contribution in [0.1, 0.15) is 23.0 Å². The van der Waals surface area contributed by atoms with Crippen LogP contribution < -0.4 is 4.74 Å². The van der Waals surface area contributed by atoms with Crippen LogP contribution in [0, 0.1) is 6.92 Å². The summed E-state index contributed by atoms with van der Waals surface area (Å²) in [7, 11) is 0. The molecule has 3 rings (SSSR count). The Hall–Kier alpha value is -2.60. The molecule has 0 radical (unpaired) electrons. The third-order valence-electron chi connectivity index (χ3n) is 3.87. The SMILES string of the molecule is CC(=O)c1c(C)nc2c(OC(F)(F)F)cccc2c1-c1ccc(Cl)cc1. The second-order valence-electron chi connectivity index (χ2n) is 5.71. The number of nitrogens with zero attached hydrogens (tertiary/aromatic N) is 1. The minimum absolute atomic E-state index is 0.0391. The van der Waals surface area contributed by atoms with Crippen LogP contribution in [-0.4, -0.2) is 17.1 Å². The molecule has 0 bridgehead atoms. The molecule has 26 heavy (non-hydrogen) atoms. The van der Waals surface area contributed by atoms with E-state index in [2.05, 4.69) is 9.72 Å². The van der Waals surface area contributed by atoms with Gasteiger partial charge in [-0.15, -0.1) is 13.2 Å². The largest absolute Gasteiger partial charge is 0.573 e. The fourth-order valence-corrected chi connectivity index (χ4v) is 3.06. The number of hydrogen-bond acceptors (Lipinski definition) is 3. The Morgan fingerprint density at radius 3 is 2.35 bits per heavy atom. The number of fused-ring (bicyclic) bond motifs is 1. The van der Waals surface area contributed by atoms with Crippen molar-refractivity contribution in [2.75, 3.05) is 0 Å². The molecular weight excluding hydrogens is 367 g/mol. The number of carbonyl (C=O) groups is 1. The molecule has 7 heteroatoms. The lowest BCUT2D eigenvalue weighted by Crippen LogP contribution is -2.17. The van der Waals surface area contributed by atoms with Gasteiger partial charge in [-0.25, -0.2) is 4.98 Å². The quantitative estimate of drug-likeness (QED) is 0.527. The minimum atomic E-state index is -4.84. The Morgan fingerprint density at radius 2 is 1.77 bits per heavy atom. The highest BCUT2D eigenvalue weighted by Gasteiger charge is 2.32. The topological polar surface area (TPSA) is 39.2 Å². The van der Waals surface area contributed by atoms with E-state index in [9.17, 15) is 18.0 Å². The van der Waals surface area contributed by atoms with Crippen molar-refractivity contribution in [3.63, 3.8) is 0 Å². The standard InChI is InChI=1S/C19H13ClF3NO2/c1-10-16(11(2)25)17(12-6-8-13(20)9-7-12)14-4-3-5-15(18(14)24-10)26-19(21,22)23/h3-9H,1-2H3. The zero-order valence-corrected chi connectivity index (χ0v) is 14.6. The van der Waals surface area contributed by atoms with Crippen LogP contribution in [0.25, 0.3) is 22.0 Å². The van der Waals surface area contributed by atoms with Gasteiger partial charge in [0, 0.05) is 27.2 Å². The van der Waals surface area contributed by atoms with E-state index in [-0.39, 0.29) is 11.3 Å². The van der Waals surface area contributed by atoms with Gasteiger partial charge < -0.3 is 4.74 Å². The average molecular weight is 380 g/mol. The Balaban J connectivity index is 2.39. The predicted octanol–water partition coefficient (Wildman–Crippen LogP) is 5.96.